The fourth-order valence-corrected chi connectivity index (χ4v) is 3.77. The number of thiophene rings is 1. The highest BCUT2D eigenvalue weighted by atomic mass is 79.9. The minimum absolute atomic E-state index is 0.318. The van der Waals surface area contributed by atoms with Crippen molar-refractivity contribution < 1.29 is 0 Å². The topological polar surface area (TPSA) is 0 Å². The Balaban J connectivity index is 2.98. The second-order valence-electron chi connectivity index (χ2n) is 4.15. The van der Waals surface area contributed by atoms with Crippen LogP contribution in [-0.2, 0) is 5.41 Å². The molecule has 1 heterocycles. The van der Waals surface area contributed by atoms with Crippen LogP contribution in [0.5, 0.6) is 0 Å². The fraction of sp³-hybridized carbons (Fsp3) is 0.636. The van der Waals surface area contributed by atoms with Gasteiger partial charge in [-0.05, 0) is 37.3 Å². The van der Waals surface area contributed by atoms with Crippen LogP contribution in [0.4, 0.5) is 0 Å². The Morgan fingerprint density at radius 3 is 2.38 bits per heavy atom. The summed E-state index contributed by atoms with van der Waals surface area (Å²) < 4.78 is 0. The summed E-state index contributed by atoms with van der Waals surface area (Å²) in [5.41, 5.74) is 1.84. The molecule has 0 amide bonds. The third kappa shape index (κ3) is 2.57. The van der Waals surface area contributed by atoms with Crippen LogP contribution in [0.3, 0.4) is 0 Å². The zero-order valence-corrected chi connectivity index (χ0v) is 11.2. The van der Waals surface area contributed by atoms with Gasteiger partial charge in [-0.25, -0.2) is 0 Å². The van der Waals surface area contributed by atoms with Crippen LogP contribution in [0.1, 0.15) is 35.6 Å². The van der Waals surface area contributed by atoms with Crippen LogP contribution >= 0.6 is 27.3 Å². The standard InChI is InChI=1S/C11H17BrS/c1-8-7-10(9(2)13-8)11(3,4)5-6-12/h7H,5-6H2,1-4H3. The van der Waals surface area contributed by atoms with E-state index in [-0.39, 0.29) is 0 Å². The lowest BCUT2D eigenvalue weighted by Gasteiger charge is -2.23. The van der Waals surface area contributed by atoms with Crippen LogP contribution in [0, 0.1) is 13.8 Å². The molecule has 13 heavy (non-hydrogen) atoms. The second kappa shape index (κ2) is 4.14. The highest BCUT2D eigenvalue weighted by molar-refractivity contribution is 9.09. The third-order valence-electron chi connectivity index (χ3n) is 2.49. The van der Waals surface area contributed by atoms with Crippen LogP contribution in [-0.4, -0.2) is 5.33 Å². The van der Waals surface area contributed by atoms with Gasteiger partial charge >= 0.3 is 0 Å². The first-order valence-electron chi connectivity index (χ1n) is 4.61. The summed E-state index contributed by atoms with van der Waals surface area (Å²) in [7, 11) is 0. The Kier molecular flexibility index (Phi) is 3.58. The van der Waals surface area contributed by atoms with E-state index in [0.717, 1.165) is 5.33 Å². The average molecular weight is 261 g/mol. The lowest BCUT2D eigenvalue weighted by molar-refractivity contribution is 0.511. The molecule has 1 rings (SSSR count). The number of hydrogen-bond acceptors (Lipinski definition) is 1. The van der Waals surface area contributed by atoms with Gasteiger partial charge in [-0.2, -0.15) is 0 Å². The first-order valence-corrected chi connectivity index (χ1v) is 6.54. The molecule has 0 atom stereocenters. The van der Waals surface area contributed by atoms with Gasteiger partial charge in [0, 0.05) is 15.1 Å². The lowest BCUT2D eigenvalue weighted by Crippen LogP contribution is -2.17. The van der Waals surface area contributed by atoms with Gasteiger partial charge in [-0.3, -0.25) is 0 Å². The summed E-state index contributed by atoms with van der Waals surface area (Å²) in [4.78, 5) is 2.90. The first-order chi connectivity index (χ1) is 5.97. The Hall–Kier alpha value is 0.180. The molecule has 2 heteroatoms. The molecule has 0 aromatic carbocycles. The van der Waals surface area contributed by atoms with Crippen LogP contribution < -0.4 is 0 Å². The molecule has 0 N–H and O–H groups in total. The Morgan fingerprint density at radius 1 is 1.38 bits per heavy atom. The minimum atomic E-state index is 0.318. The molecule has 0 nitrogen and oxygen atoms in total. The van der Waals surface area contributed by atoms with Gasteiger partial charge in [-0.15, -0.1) is 11.3 Å². The zero-order valence-electron chi connectivity index (χ0n) is 8.78. The summed E-state index contributed by atoms with van der Waals surface area (Å²) in [6, 6.07) is 2.34. The molecule has 1 aromatic rings. The number of alkyl halides is 1. The molecule has 0 fully saturated rings. The molecule has 0 unspecified atom stereocenters. The van der Waals surface area contributed by atoms with Crippen molar-refractivity contribution in [1.29, 1.82) is 0 Å². The molecule has 74 valence electrons. The van der Waals surface area contributed by atoms with Gasteiger partial charge in [0.2, 0.25) is 0 Å². The van der Waals surface area contributed by atoms with Crippen molar-refractivity contribution in [2.24, 2.45) is 0 Å². The molecule has 1 aromatic heterocycles. The van der Waals surface area contributed by atoms with Gasteiger partial charge in [-0.1, -0.05) is 29.8 Å². The monoisotopic (exact) mass is 260 g/mol. The summed E-state index contributed by atoms with van der Waals surface area (Å²) >= 11 is 5.42. The highest BCUT2D eigenvalue weighted by Gasteiger charge is 2.22. The van der Waals surface area contributed by atoms with E-state index in [4.69, 9.17) is 0 Å². The van der Waals surface area contributed by atoms with E-state index >= 15 is 0 Å². The largest absolute Gasteiger partial charge is 0.146 e. The first kappa shape index (κ1) is 11.3. The summed E-state index contributed by atoms with van der Waals surface area (Å²) in [5, 5.41) is 1.08. The number of halogens is 1. The molecule has 0 spiro atoms. The SMILES string of the molecule is Cc1cc(C(C)(C)CCBr)c(C)s1. The van der Waals surface area contributed by atoms with E-state index < -0.39 is 0 Å². The molecule has 0 aliphatic carbocycles. The van der Waals surface area contributed by atoms with E-state index in [2.05, 4.69) is 49.7 Å². The predicted molar refractivity (Wildman–Crippen MR) is 65.2 cm³/mol. The maximum Gasteiger partial charge on any atom is 0.00544 e. The molecule has 0 radical (unpaired) electrons. The molecule has 0 aliphatic rings. The predicted octanol–water partition coefficient (Wildman–Crippen LogP) is 4.43. The smallest absolute Gasteiger partial charge is 0.00544 e. The molecule has 0 aliphatic heterocycles. The lowest BCUT2D eigenvalue weighted by atomic mass is 9.82. The maximum absolute atomic E-state index is 3.52. The van der Waals surface area contributed by atoms with E-state index in [0.29, 0.717) is 5.41 Å². The van der Waals surface area contributed by atoms with Gasteiger partial charge in [0.25, 0.3) is 0 Å². The van der Waals surface area contributed by atoms with E-state index in [1.165, 1.54) is 21.7 Å². The summed E-state index contributed by atoms with van der Waals surface area (Å²) in [5.74, 6) is 0. The van der Waals surface area contributed by atoms with Crippen molar-refractivity contribution in [2.75, 3.05) is 5.33 Å². The van der Waals surface area contributed by atoms with Crippen LogP contribution in [0.15, 0.2) is 6.07 Å². The third-order valence-corrected chi connectivity index (χ3v) is 3.85. The summed E-state index contributed by atoms with van der Waals surface area (Å²) in [6.45, 7) is 9.06. The van der Waals surface area contributed by atoms with Crippen molar-refractivity contribution in [1.82, 2.24) is 0 Å². The molecule has 0 bridgehead atoms. The molecular weight excluding hydrogens is 244 g/mol. The van der Waals surface area contributed by atoms with Gasteiger partial charge in [0.1, 0.15) is 0 Å². The number of aryl methyl sites for hydroxylation is 2. The van der Waals surface area contributed by atoms with E-state index in [1.807, 2.05) is 11.3 Å². The summed E-state index contributed by atoms with van der Waals surface area (Å²) in [6.07, 6.45) is 1.20. The van der Waals surface area contributed by atoms with Crippen molar-refractivity contribution in [3.63, 3.8) is 0 Å². The van der Waals surface area contributed by atoms with Crippen molar-refractivity contribution in [3.8, 4) is 0 Å². The fourth-order valence-electron chi connectivity index (χ4n) is 1.67. The number of rotatable bonds is 3. The Labute approximate surface area is 93.5 Å². The highest BCUT2D eigenvalue weighted by Crippen LogP contribution is 2.34. The molecular formula is C11H17BrS. The normalized spacial score (nSPS) is 12.1. The zero-order chi connectivity index (χ0) is 10.1. The Bertz CT molecular complexity index is 286. The number of hydrogen-bond donors (Lipinski definition) is 0. The van der Waals surface area contributed by atoms with Crippen molar-refractivity contribution in [2.45, 2.75) is 39.5 Å². The molecule has 0 saturated carbocycles. The quantitative estimate of drug-likeness (QED) is 0.706. The van der Waals surface area contributed by atoms with E-state index in [1.54, 1.807) is 0 Å². The van der Waals surface area contributed by atoms with Crippen molar-refractivity contribution >= 4 is 27.3 Å². The molecule has 0 saturated heterocycles. The van der Waals surface area contributed by atoms with Gasteiger partial charge in [0.05, 0.1) is 0 Å². The maximum atomic E-state index is 3.52. The minimum Gasteiger partial charge on any atom is -0.146 e. The van der Waals surface area contributed by atoms with E-state index in [9.17, 15) is 0 Å². The average Bonchev–Trinajstić information content (AvgIpc) is 2.30. The second-order valence-corrected chi connectivity index (χ2v) is 6.40. The Morgan fingerprint density at radius 2 is 2.00 bits per heavy atom. The van der Waals surface area contributed by atoms with Crippen LogP contribution in [0.25, 0.3) is 0 Å². The van der Waals surface area contributed by atoms with Gasteiger partial charge < -0.3 is 0 Å². The van der Waals surface area contributed by atoms with Crippen molar-refractivity contribution in [3.05, 3.63) is 21.4 Å². The van der Waals surface area contributed by atoms with Gasteiger partial charge in [0.15, 0.2) is 0 Å². The van der Waals surface area contributed by atoms with Crippen LogP contribution in [0.2, 0.25) is 0 Å².